The monoisotopic (exact) mass is 308 g/mol. The van der Waals surface area contributed by atoms with E-state index in [1.807, 2.05) is 20.8 Å². The minimum Gasteiger partial charge on any atom is -0.304 e. The summed E-state index contributed by atoms with van der Waals surface area (Å²) in [5.41, 5.74) is 0.145. The molecular weight excluding hydrogens is 268 g/mol. The summed E-state index contributed by atoms with van der Waals surface area (Å²) < 4.78 is 0. The normalized spacial score (nSPS) is 16.3. The van der Waals surface area contributed by atoms with Crippen LogP contribution in [0.15, 0.2) is 12.2 Å². The quantitative estimate of drug-likeness (QED) is 0.546. The minimum absolute atomic E-state index is 0.145. The third kappa shape index (κ3) is 17.3. The van der Waals surface area contributed by atoms with Crippen molar-refractivity contribution in [3.8, 4) is 11.8 Å². The third-order valence-corrected chi connectivity index (χ3v) is 2.94. The average molecular weight is 309 g/mol. The van der Waals surface area contributed by atoms with Gasteiger partial charge < -0.3 is 4.90 Å². The highest BCUT2D eigenvalue weighted by molar-refractivity contribution is 5.08. The van der Waals surface area contributed by atoms with Crippen LogP contribution >= 0.6 is 0 Å². The predicted molar refractivity (Wildman–Crippen MR) is 102 cm³/mol. The summed E-state index contributed by atoms with van der Waals surface area (Å²) in [6, 6.07) is 0. The highest BCUT2D eigenvalue weighted by Crippen LogP contribution is 2.09. The van der Waals surface area contributed by atoms with Gasteiger partial charge in [0.1, 0.15) is 0 Å². The first kappa shape index (κ1) is 23.5. The lowest BCUT2D eigenvalue weighted by atomic mass is 9.98. The van der Waals surface area contributed by atoms with Gasteiger partial charge in [-0.1, -0.05) is 51.7 Å². The van der Waals surface area contributed by atoms with Gasteiger partial charge in [-0.15, -0.1) is 0 Å². The lowest BCUT2D eigenvalue weighted by Gasteiger charge is -2.30. The van der Waals surface area contributed by atoms with Crippen molar-refractivity contribution in [3.63, 3.8) is 0 Å². The maximum absolute atomic E-state index is 3.28. The van der Waals surface area contributed by atoms with Gasteiger partial charge in [0.2, 0.25) is 0 Å². The van der Waals surface area contributed by atoms with E-state index in [1.165, 1.54) is 13.1 Å². The summed E-state index contributed by atoms with van der Waals surface area (Å²) in [7, 11) is 2.18. The van der Waals surface area contributed by atoms with Crippen LogP contribution in [-0.4, -0.2) is 49.6 Å². The molecule has 0 aromatic rings. The van der Waals surface area contributed by atoms with E-state index in [4.69, 9.17) is 0 Å². The van der Waals surface area contributed by atoms with Gasteiger partial charge >= 0.3 is 0 Å². The zero-order valence-electron chi connectivity index (χ0n) is 16.7. The van der Waals surface area contributed by atoms with Crippen molar-refractivity contribution in [1.29, 1.82) is 0 Å². The summed E-state index contributed by atoms with van der Waals surface area (Å²) in [6.07, 6.45) is 4.24. The van der Waals surface area contributed by atoms with Crippen molar-refractivity contribution in [2.45, 2.75) is 55.4 Å². The van der Waals surface area contributed by atoms with Gasteiger partial charge in [-0.2, -0.15) is 0 Å². The van der Waals surface area contributed by atoms with Crippen molar-refractivity contribution in [1.82, 2.24) is 9.80 Å². The highest BCUT2D eigenvalue weighted by atomic mass is 15.2. The topological polar surface area (TPSA) is 6.48 Å². The fourth-order valence-electron chi connectivity index (χ4n) is 1.81. The Labute approximate surface area is 141 Å². The van der Waals surface area contributed by atoms with E-state index in [1.54, 1.807) is 0 Å². The predicted octanol–water partition coefficient (Wildman–Crippen LogP) is 4.53. The molecule has 1 aliphatic heterocycles. The standard InChI is InChI=1S/C12H22N2.C6H12.C2H6/c1-12(2,3)6-5-7-14-10-8-13(4)9-11-14;1-4-5-6(2)3;1-2/h7-11H2,1-4H3;4-6H,1-3H3;1-2H3. The van der Waals surface area contributed by atoms with E-state index in [0.29, 0.717) is 0 Å². The molecular formula is C20H40N2. The zero-order chi connectivity index (χ0) is 17.6. The molecule has 1 fully saturated rings. The van der Waals surface area contributed by atoms with Crippen LogP contribution in [0.4, 0.5) is 0 Å². The molecule has 0 aromatic carbocycles. The van der Waals surface area contributed by atoms with Gasteiger partial charge in [0.05, 0.1) is 6.54 Å². The van der Waals surface area contributed by atoms with Crippen molar-refractivity contribution in [3.05, 3.63) is 12.2 Å². The van der Waals surface area contributed by atoms with Crippen LogP contribution in [-0.2, 0) is 0 Å². The number of allylic oxidation sites excluding steroid dienone is 2. The fourth-order valence-corrected chi connectivity index (χ4v) is 1.81. The van der Waals surface area contributed by atoms with Gasteiger partial charge in [-0.25, -0.2) is 0 Å². The van der Waals surface area contributed by atoms with Crippen molar-refractivity contribution in [2.24, 2.45) is 11.3 Å². The second-order valence-corrected chi connectivity index (χ2v) is 6.90. The van der Waals surface area contributed by atoms with E-state index in [2.05, 4.69) is 75.5 Å². The van der Waals surface area contributed by atoms with Crippen molar-refractivity contribution >= 4 is 0 Å². The Morgan fingerprint density at radius 3 is 1.86 bits per heavy atom. The SMILES string of the molecule is CC.CC=CC(C)C.CN1CCN(CC#CC(C)(C)C)CC1. The first-order chi connectivity index (χ1) is 10.2. The van der Waals surface area contributed by atoms with Crippen LogP contribution in [0.3, 0.4) is 0 Å². The molecule has 2 heteroatoms. The second kappa shape index (κ2) is 13.9. The molecule has 0 unspecified atom stereocenters. The molecule has 1 rings (SSSR count). The molecule has 1 saturated heterocycles. The molecule has 0 bridgehead atoms. The molecule has 0 atom stereocenters. The van der Waals surface area contributed by atoms with Crippen molar-refractivity contribution in [2.75, 3.05) is 39.8 Å². The van der Waals surface area contributed by atoms with E-state index >= 15 is 0 Å². The van der Waals surface area contributed by atoms with Crippen LogP contribution in [0.1, 0.15) is 55.4 Å². The lowest BCUT2D eigenvalue weighted by Crippen LogP contribution is -2.44. The lowest BCUT2D eigenvalue weighted by molar-refractivity contribution is 0.168. The third-order valence-electron chi connectivity index (χ3n) is 2.94. The molecule has 1 heterocycles. The Hall–Kier alpha value is -0.780. The molecule has 22 heavy (non-hydrogen) atoms. The number of nitrogens with zero attached hydrogens (tertiary/aromatic N) is 2. The van der Waals surface area contributed by atoms with Gasteiger partial charge in [0, 0.05) is 31.6 Å². The number of rotatable bonds is 2. The maximum Gasteiger partial charge on any atom is 0.0602 e. The Bertz CT molecular complexity index is 318. The molecule has 2 nitrogen and oxygen atoms in total. The van der Waals surface area contributed by atoms with Gasteiger partial charge in [0.15, 0.2) is 0 Å². The van der Waals surface area contributed by atoms with Crippen LogP contribution < -0.4 is 0 Å². The highest BCUT2D eigenvalue weighted by Gasteiger charge is 2.12. The molecule has 0 amide bonds. The van der Waals surface area contributed by atoms with E-state index in [9.17, 15) is 0 Å². The number of hydrogen-bond donors (Lipinski definition) is 0. The minimum atomic E-state index is 0.145. The van der Waals surface area contributed by atoms with Crippen LogP contribution in [0.5, 0.6) is 0 Å². The Morgan fingerprint density at radius 2 is 1.55 bits per heavy atom. The van der Waals surface area contributed by atoms with Crippen molar-refractivity contribution < 1.29 is 0 Å². The first-order valence-electron chi connectivity index (χ1n) is 8.78. The average Bonchev–Trinajstić information content (AvgIpc) is 2.42. The van der Waals surface area contributed by atoms with Gasteiger partial charge in [-0.3, -0.25) is 4.90 Å². The molecule has 0 radical (unpaired) electrons. The van der Waals surface area contributed by atoms with Crippen LogP contribution in [0, 0.1) is 23.2 Å². The Morgan fingerprint density at radius 1 is 1.05 bits per heavy atom. The zero-order valence-corrected chi connectivity index (χ0v) is 16.7. The number of likely N-dealkylation sites (N-methyl/N-ethyl adjacent to an activating group) is 1. The molecule has 0 saturated carbocycles. The molecule has 1 aliphatic rings. The summed E-state index contributed by atoms with van der Waals surface area (Å²) in [4.78, 5) is 4.80. The van der Waals surface area contributed by atoms with E-state index in [0.717, 1.165) is 25.6 Å². The Balaban J connectivity index is 0. The number of piperazine rings is 1. The smallest absolute Gasteiger partial charge is 0.0602 e. The van der Waals surface area contributed by atoms with Gasteiger partial charge in [-0.05, 0) is 40.7 Å². The molecule has 0 N–H and O–H groups in total. The Kier molecular flexibility index (Phi) is 14.8. The second-order valence-electron chi connectivity index (χ2n) is 6.90. The van der Waals surface area contributed by atoms with Crippen LogP contribution in [0.25, 0.3) is 0 Å². The summed E-state index contributed by atoms with van der Waals surface area (Å²) in [5, 5.41) is 0. The molecule has 0 spiro atoms. The first-order valence-corrected chi connectivity index (χ1v) is 8.78. The largest absolute Gasteiger partial charge is 0.304 e. The van der Waals surface area contributed by atoms with Crippen LogP contribution in [0.2, 0.25) is 0 Å². The fraction of sp³-hybridized carbons (Fsp3) is 0.800. The summed E-state index contributed by atoms with van der Waals surface area (Å²) in [6.45, 7) is 22.5. The van der Waals surface area contributed by atoms with Gasteiger partial charge in [0.25, 0.3) is 0 Å². The molecule has 0 aliphatic carbocycles. The maximum atomic E-state index is 3.28. The summed E-state index contributed by atoms with van der Waals surface area (Å²) >= 11 is 0. The summed E-state index contributed by atoms with van der Waals surface area (Å²) in [5.74, 6) is 7.26. The molecule has 0 aromatic heterocycles. The van der Waals surface area contributed by atoms with E-state index < -0.39 is 0 Å². The molecule has 130 valence electrons. The van der Waals surface area contributed by atoms with E-state index in [-0.39, 0.29) is 5.41 Å². The number of hydrogen-bond acceptors (Lipinski definition) is 2.